The van der Waals surface area contributed by atoms with Gasteiger partial charge in [-0.1, -0.05) is 35.9 Å². The Morgan fingerprint density at radius 3 is 2.44 bits per heavy atom. The maximum atomic E-state index is 13.1. The minimum absolute atomic E-state index is 0.0989. The zero-order chi connectivity index (χ0) is 31.1. The molecule has 0 fully saturated rings. The SMILES string of the molecule is O=C(Cc1ccc(F)cc1)Nc1ccc(Cl)c(NC2=NC(=O)C(=Cc3ccc4ncccc4c3)S2)c1.O=C(O)C(F)(F)F. The molecule has 0 saturated carbocycles. The molecule has 1 aliphatic heterocycles. The minimum atomic E-state index is -5.08. The Morgan fingerprint density at radius 1 is 1.02 bits per heavy atom. The number of fused-ring (bicyclic) bond motifs is 1. The number of benzene rings is 3. The van der Waals surface area contributed by atoms with E-state index in [1.54, 1.807) is 42.6 Å². The number of amides is 2. The number of thioether (sulfide) groups is 1. The molecular weight excluding hydrogens is 612 g/mol. The summed E-state index contributed by atoms with van der Waals surface area (Å²) in [5, 5.41) is 14.8. The summed E-state index contributed by atoms with van der Waals surface area (Å²) in [6.45, 7) is 0. The number of carboxylic acid groups (broad SMARTS) is 1. The highest BCUT2D eigenvalue weighted by Crippen LogP contribution is 2.33. The van der Waals surface area contributed by atoms with E-state index >= 15 is 0 Å². The normalized spacial score (nSPS) is 13.7. The molecule has 8 nitrogen and oxygen atoms in total. The number of nitrogens with one attached hydrogen (secondary N) is 2. The van der Waals surface area contributed by atoms with Crippen molar-refractivity contribution in [3.8, 4) is 0 Å². The molecule has 43 heavy (non-hydrogen) atoms. The molecule has 14 heteroatoms. The summed E-state index contributed by atoms with van der Waals surface area (Å²) in [7, 11) is 0. The molecule has 0 saturated heterocycles. The van der Waals surface area contributed by atoms with Gasteiger partial charge in [-0.25, -0.2) is 9.18 Å². The number of pyridine rings is 1. The predicted molar refractivity (Wildman–Crippen MR) is 157 cm³/mol. The van der Waals surface area contributed by atoms with Crippen molar-refractivity contribution in [2.75, 3.05) is 10.6 Å². The monoisotopic (exact) mass is 630 g/mol. The van der Waals surface area contributed by atoms with Crippen LogP contribution in [0, 0.1) is 5.82 Å². The molecule has 4 aromatic rings. The number of halogens is 5. The lowest BCUT2D eigenvalue weighted by molar-refractivity contribution is -0.192. The number of carbonyl (C=O) groups excluding carboxylic acids is 2. The van der Waals surface area contributed by atoms with Crippen LogP contribution in [0.2, 0.25) is 5.02 Å². The molecule has 1 aliphatic rings. The summed E-state index contributed by atoms with van der Waals surface area (Å²) in [6.07, 6.45) is -1.47. The standard InChI is InChI=1S/C27H18ClFN4O2S.C2HF3O2/c28-21-9-8-20(31-25(34)14-16-3-6-19(29)7-4-16)15-23(21)32-27-33-26(35)24(36-27)13-17-5-10-22-18(12-17)2-1-11-30-22;3-2(4,5)1(6)7/h1-13,15H,14H2,(H,31,34)(H,32,33,35);(H,6,7). The van der Waals surface area contributed by atoms with Crippen molar-refractivity contribution in [3.63, 3.8) is 0 Å². The second-order valence-electron chi connectivity index (χ2n) is 8.76. The Bertz CT molecular complexity index is 1760. The van der Waals surface area contributed by atoms with Gasteiger partial charge >= 0.3 is 12.1 Å². The molecule has 220 valence electrons. The Labute approximate surface area is 250 Å². The van der Waals surface area contributed by atoms with Crippen molar-refractivity contribution in [3.05, 3.63) is 106 Å². The number of aromatic nitrogens is 1. The number of carbonyl (C=O) groups is 3. The molecule has 0 spiro atoms. The van der Waals surface area contributed by atoms with Gasteiger partial charge in [0.25, 0.3) is 5.91 Å². The van der Waals surface area contributed by atoms with E-state index < -0.39 is 12.1 Å². The zero-order valence-corrected chi connectivity index (χ0v) is 23.2. The van der Waals surface area contributed by atoms with Crippen LogP contribution in [0.15, 0.2) is 88.9 Å². The number of amidine groups is 1. The summed E-state index contributed by atoms with van der Waals surface area (Å²) in [6, 6.07) is 20.3. The van der Waals surface area contributed by atoms with Crippen LogP contribution in [0.25, 0.3) is 17.0 Å². The Balaban J connectivity index is 0.000000541. The Hall–Kier alpha value is -4.75. The van der Waals surface area contributed by atoms with Gasteiger partial charge in [-0.05, 0) is 77.5 Å². The average Bonchev–Trinajstić information content (AvgIpc) is 3.29. The lowest BCUT2D eigenvalue weighted by Crippen LogP contribution is -2.21. The van der Waals surface area contributed by atoms with E-state index in [9.17, 15) is 27.2 Å². The van der Waals surface area contributed by atoms with Gasteiger partial charge < -0.3 is 15.7 Å². The van der Waals surface area contributed by atoms with Crippen LogP contribution >= 0.6 is 23.4 Å². The molecule has 2 amide bonds. The predicted octanol–water partition coefficient (Wildman–Crippen LogP) is 6.92. The maximum Gasteiger partial charge on any atom is 0.490 e. The summed E-state index contributed by atoms with van der Waals surface area (Å²) < 4.78 is 44.8. The third kappa shape index (κ3) is 8.87. The number of aliphatic carboxylic acids is 1. The molecule has 0 unspecified atom stereocenters. The quantitative estimate of drug-likeness (QED) is 0.162. The van der Waals surface area contributed by atoms with Gasteiger partial charge in [-0.15, -0.1) is 0 Å². The second-order valence-corrected chi connectivity index (χ2v) is 10.2. The van der Waals surface area contributed by atoms with Gasteiger partial charge in [0.1, 0.15) is 5.82 Å². The second kappa shape index (κ2) is 13.5. The van der Waals surface area contributed by atoms with E-state index in [1.165, 1.54) is 23.9 Å². The van der Waals surface area contributed by atoms with Gasteiger partial charge in [0.15, 0.2) is 5.17 Å². The first-order valence-electron chi connectivity index (χ1n) is 12.2. The van der Waals surface area contributed by atoms with Crippen LogP contribution < -0.4 is 10.6 Å². The molecule has 3 N–H and O–H groups in total. The summed E-state index contributed by atoms with van der Waals surface area (Å²) >= 11 is 7.54. The highest BCUT2D eigenvalue weighted by atomic mass is 35.5. The molecule has 5 rings (SSSR count). The number of rotatable bonds is 5. The number of carboxylic acids is 1. The fourth-order valence-electron chi connectivity index (χ4n) is 3.60. The summed E-state index contributed by atoms with van der Waals surface area (Å²) in [5.74, 6) is -3.72. The van der Waals surface area contributed by atoms with Crippen LogP contribution in [0.5, 0.6) is 0 Å². The fourth-order valence-corrected chi connectivity index (χ4v) is 4.60. The smallest absolute Gasteiger partial charge is 0.475 e. The van der Waals surface area contributed by atoms with E-state index in [0.717, 1.165) is 16.5 Å². The third-order valence-electron chi connectivity index (χ3n) is 5.56. The van der Waals surface area contributed by atoms with Gasteiger partial charge in [0.2, 0.25) is 5.91 Å². The van der Waals surface area contributed by atoms with Crippen LogP contribution in [0.3, 0.4) is 0 Å². The number of aliphatic imine (C=N–C) groups is 1. The average molecular weight is 631 g/mol. The molecule has 2 heterocycles. The van der Waals surface area contributed by atoms with Crippen molar-refractivity contribution in [1.29, 1.82) is 0 Å². The number of hydrogen-bond acceptors (Lipinski definition) is 6. The zero-order valence-electron chi connectivity index (χ0n) is 21.7. The fraction of sp³-hybridized carbons (Fsp3) is 0.0690. The molecular formula is C29H19ClF4N4O4S. The van der Waals surface area contributed by atoms with Crippen LogP contribution in [-0.4, -0.2) is 39.2 Å². The lowest BCUT2D eigenvalue weighted by atomic mass is 10.1. The summed E-state index contributed by atoms with van der Waals surface area (Å²) in [5.41, 5.74) is 3.45. The Morgan fingerprint density at radius 2 is 1.74 bits per heavy atom. The largest absolute Gasteiger partial charge is 0.490 e. The molecule has 1 aromatic heterocycles. The van der Waals surface area contributed by atoms with E-state index in [2.05, 4.69) is 20.6 Å². The highest BCUT2D eigenvalue weighted by Gasteiger charge is 2.38. The molecule has 0 radical (unpaired) electrons. The lowest BCUT2D eigenvalue weighted by Gasteiger charge is -2.11. The van der Waals surface area contributed by atoms with E-state index in [0.29, 0.717) is 32.0 Å². The molecule has 3 aromatic carbocycles. The van der Waals surface area contributed by atoms with E-state index in [1.807, 2.05) is 30.3 Å². The molecule has 0 bridgehead atoms. The first-order valence-corrected chi connectivity index (χ1v) is 13.3. The van der Waals surface area contributed by atoms with Crippen molar-refractivity contribution in [1.82, 2.24) is 4.98 Å². The molecule has 0 aliphatic carbocycles. The van der Waals surface area contributed by atoms with Crippen LogP contribution in [0.1, 0.15) is 11.1 Å². The Kier molecular flexibility index (Phi) is 9.78. The van der Waals surface area contributed by atoms with Crippen molar-refractivity contribution < 1.29 is 37.1 Å². The number of nitrogens with zero attached hydrogens (tertiary/aromatic N) is 2. The van der Waals surface area contributed by atoms with Crippen molar-refractivity contribution in [2.45, 2.75) is 12.6 Å². The van der Waals surface area contributed by atoms with Gasteiger partial charge in [0.05, 0.1) is 27.6 Å². The van der Waals surface area contributed by atoms with E-state index in [-0.39, 0.29) is 24.1 Å². The highest BCUT2D eigenvalue weighted by molar-refractivity contribution is 8.18. The van der Waals surface area contributed by atoms with Crippen molar-refractivity contribution >= 4 is 74.7 Å². The topological polar surface area (TPSA) is 121 Å². The number of alkyl halides is 3. The van der Waals surface area contributed by atoms with Gasteiger partial charge in [0, 0.05) is 17.3 Å². The third-order valence-corrected chi connectivity index (χ3v) is 6.79. The first-order chi connectivity index (χ1) is 20.4. The number of hydrogen-bond donors (Lipinski definition) is 3. The van der Waals surface area contributed by atoms with Crippen molar-refractivity contribution in [2.24, 2.45) is 4.99 Å². The molecule has 0 atom stereocenters. The maximum absolute atomic E-state index is 13.1. The van der Waals surface area contributed by atoms with E-state index in [4.69, 9.17) is 21.5 Å². The number of anilines is 2. The van der Waals surface area contributed by atoms with Gasteiger partial charge in [-0.2, -0.15) is 18.2 Å². The van der Waals surface area contributed by atoms with Gasteiger partial charge in [-0.3, -0.25) is 14.6 Å². The first kappa shape index (κ1) is 31.2. The summed E-state index contributed by atoms with van der Waals surface area (Å²) in [4.78, 5) is 42.7. The van der Waals surface area contributed by atoms with Crippen LogP contribution in [0.4, 0.5) is 28.9 Å². The minimum Gasteiger partial charge on any atom is -0.475 e. The van der Waals surface area contributed by atoms with Crippen LogP contribution in [-0.2, 0) is 20.8 Å².